The first-order valence-electron chi connectivity index (χ1n) is 5.97. The molecule has 2 rings (SSSR count). The summed E-state index contributed by atoms with van der Waals surface area (Å²) in [4.78, 5) is 0. The van der Waals surface area contributed by atoms with Crippen LogP contribution < -0.4 is 10.6 Å². The van der Waals surface area contributed by atoms with Crippen LogP contribution in [0.25, 0.3) is 0 Å². The van der Waals surface area contributed by atoms with Gasteiger partial charge in [-0.3, -0.25) is 0 Å². The van der Waals surface area contributed by atoms with Crippen molar-refractivity contribution >= 4 is 46.6 Å². The molecule has 2 nitrogen and oxygen atoms in total. The molecule has 0 radical (unpaired) electrons. The Morgan fingerprint density at radius 3 is 0.882 bits per heavy atom. The van der Waals surface area contributed by atoms with Crippen molar-refractivity contribution in [2.45, 2.75) is 38.5 Å². The van der Waals surface area contributed by atoms with Crippen molar-refractivity contribution in [3.8, 4) is 0 Å². The van der Waals surface area contributed by atoms with Gasteiger partial charge in [0.25, 0.3) is 0 Å². The summed E-state index contributed by atoms with van der Waals surface area (Å²) in [5.74, 6) is 0. The molecule has 0 unspecified atom stereocenters. The van der Waals surface area contributed by atoms with Crippen LogP contribution in [0.4, 0.5) is 0 Å². The van der Waals surface area contributed by atoms with Crippen LogP contribution in [0.3, 0.4) is 0 Å². The summed E-state index contributed by atoms with van der Waals surface area (Å²) >= 11 is -0.583. The summed E-state index contributed by atoms with van der Waals surface area (Å²) < 4.78 is 0. The van der Waals surface area contributed by atoms with Gasteiger partial charge < -0.3 is 37.6 Å². The minimum absolute atomic E-state index is 0. The fraction of sp³-hybridized carbons (Fsp3) is 1.00. The van der Waals surface area contributed by atoms with Gasteiger partial charge in [-0.1, -0.05) is 0 Å². The Morgan fingerprint density at radius 1 is 0.588 bits per heavy atom. The molecule has 2 aliphatic heterocycles. The number of rotatable bonds is 0. The van der Waals surface area contributed by atoms with Crippen LogP contribution in [0.1, 0.15) is 38.5 Å². The maximum atomic E-state index is 4.38. The Kier molecular flexibility index (Phi) is 32.1. The molecule has 106 valence electrons. The molecule has 2 aliphatic rings. The summed E-state index contributed by atoms with van der Waals surface area (Å²) in [5, 5.41) is 4.78. The Balaban J connectivity index is -0.000000173. The first-order chi connectivity index (χ1) is 7.41. The van der Waals surface area contributed by atoms with Crippen LogP contribution in [-0.2, 0) is 41.9 Å². The van der Waals surface area contributed by atoms with E-state index in [1.807, 2.05) is 0 Å². The summed E-state index contributed by atoms with van der Waals surface area (Å²) in [5.41, 5.74) is 0. The fourth-order valence-corrected chi connectivity index (χ4v) is 1.80. The van der Waals surface area contributed by atoms with Crippen molar-refractivity contribution in [2.75, 3.05) is 26.2 Å². The van der Waals surface area contributed by atoms with Gasteiger partial charge >= 0.3 is 34.6 Å². The molecular formula is C10H26N2S4W. The van der Waals surface area contributed by atoms with Gasteiger partial charge in [-0.05, 0) is 38.5 Å². The molecule has 0 amide bonds. The Morgan fingerprint density at radius 2 is 0.824 bits per heavy atom. The third kappa shape index (κ3) is 23.3. The van der Waals surface area contributed by atoms with E-state index in [0.29, 0.717) is 0 Å². The van der Waals surface area contributed by atoms with E-state index < -0.39 is 14.9 Å². The zero-order valence-electron chi connectivity index (χ0n) is 10.3. The molecule has 7 heteroatoms. The van der Waals surface area contributed by atoms with E-state index in [1.54, 1.807) is 0 Å². The third-order valence-electron chi connectivity index (χ3n) is 2.63. The number of quaternary nitrogens is 2. The zero-order chi connectivity index (χ0) is 11.2. The molecule has 0 atom stereocenters. The first kappa shape index (κ1) is 23.8. The van der Waals surface area contributed by atoms with Gasteiger partial charge in [-0.2, -0.15) is 0 Å². The molecule has 0 saturated carbocycles. The predicted octanol–water partition coefficient (Wildman–Crippen LogP) is 0.221. The van der Waals surface area contributed by atoms with Crippen LogP contribution in [-0.4, -0.2) is 26.2 Å². The Bertz CT molecular complexity index is 123. The van der Waals surface area contributed by atoms with Crippen LogP contribution in [0.2, 0.25) is 0 Å². The van der Waals surface area contributed by atoms with Gasteiger partial charge in [0.15, 0.2) is 0 Å². The molecule has 2 heterocycles. The van der Waals surface area contributed by atoms with Gasteiger partial charge in [0.1, 0.15) is 0 Å². The number of piperidine rings is 2. The summed E-state index contributed by atoms with van der Waals surface area (Å²) in [6.45, 7) is 5.50. The second kappa shape index (κ2) is 22.9. The van der Waals surface area contributed by atoms with Gasteiger partial charge in [-0.15, -0.1) is 0 Å². The van der Waals surface area contributed by atoms with Gasteiger partial charge in [0.05, 0.1) is 26.2 Å². The molecule has 2 fully saturated rings. The molecule has 0 aromatic heterocycles. The topological polar surface area (TPSA) is 33.2 Å². The molecule has 0 aromatic carbocycles. The van der Waals surface area contributed by atoms with Crippen molar-refractivity contribution < 1.29 is 25.6 Å². The summed E-state index contributed by atoms with van der Waals surface area (Å²) in [6, 6.07) is 0. The fourth-order valence-electron chi connectivity index (χ4n) is 1.80. The van der Waals surface area contributed by atoms with Crippen LogP contribution in [0.15, 0.2) is 0 Å². The van der Waals surface area contributed by atoms with E-state index in [4.69, 9.17) is 0 Å². The second-order valence-electron chi connectivity index (χ2n) is 3.92. The Labute approximate surface area is 136 Å². The van der Waals surface area contributed by atoms with Crippen molar-refractivity contribution in [1.82, 2.24) is 0 Å². The average Bonchev–Trinajstić information content (AvgIpc) is 2.35. The molecule has 4 N–H and O–H groups in total. The maximum absolute atomic E-state index is 4.38. The van der Waals surface area contributed by atoms with Crippen LogP contribution in [0, 0.1) is 0 Å². The number of nitrogens with two attached hydrogens (primary N) is 2. The monoisotopic (exact) mass is 486 g/mol. The minimum atomic E-state index is -0.583. The predicted molar refractivity (Wildman–Crippen MR) is 83.7 cm³/mol. The molecular weight excluding hydrogens is 460 g/mol. The summed E-state index contributed by atoms with van der Waals surface area (Å²) in [7, 11) is 8.75. The zero-order valence-corrected chi connectivity index (χ0v) is 16.7. The summed E-state index contributed by atoms with van der Waals surface area (Å²) in [6.07, 6.45) is 8.72. The normalized spacial score (nSPS) is 17.6. The van der Waals surface area contributed by atoms with Crippen LogP contribution >= 0.6 is 19.6 Å². The molecule has 0 aromatic rings. The molecule has 2 saturated heterocycles. The van der Waals surface area contributed by atoms with Gasteiger partial charge in [-0.25, -0.2) is 0 Å². The molecule has 0 spiro atoms. The third-order valence-corrected chi connectivity index (χ3v) is 2.63. The van der Waals surface area contributed by atoms with Gasteiger partial charge in [0.2, 0.25) is 0 Å². The van der Waals surface area contributed by atoms with Crippen molar-refractivity contribution in [3.05, 3.63) is 0 Å². The van der Waals surface area contributed by atoms with E-state index in [9.17, 15) is 0 Å². The SMILES string of the molecule is C1CC[NH2+]CC1.C1CC[NH2+]CC1.[SH-].[SH-].[S]=[W]=[S]. The average molecular weight is 486 g/mol. The van der Waals surface area contributed by atoms with Crippen LogP contribution in [0.5, 0.6) is 0 Å². The number of hydrogen-bond acceptors (Lipinski definition) is 4. The molecule has 0 aliphatic carbocycles. The van der Waals surface area contributed by atoms with E-state index >= 15 is 0 Å². The van der Waals surface area contributed by atoms with E-state index in [2.05, 4.69) is 30.3 Å². The number of hydrogen-bond donors (Lipinski definition) is 2. The Hall–Kier alpha value is 1.75. The first-order valence-corrected chi connectivity index (χ1v) is 13.8. The van der Waals surface area contributed by atoms with Crippen molar-refractivity contribution in [2.24, 2.45) is 0 Å². The van der Waals surface area contributed by atoms with Crippen molar-refractivity contribution in [1.29, 1.82) is 0 Å². The van der Waals surface area contributed by atoms with E-state index in [-0.39, 0.29) is 27.0 Å². The number of thiol groups is 2. The van der Waals surface area contributed by atoms with Crippen molar-refractivity contribution in [3.63, 3.8) is 0 Å². The standard InChI is InChI=1S/2C5H11N.2H2S.2S.W/c2*1-2-4-6-5-3-1;;;;;/h2*6H,1-5H2;2*1H2;;;. The van der Waals surface area contributed by atoms with E-state index in [1.165, 1.54) is 64.7 Å². The van der Waals surface area contributed by atoms with Gasteiger partial charge in [0, 0.05) is 0 Å². The molecule has 17 heavy (non-hydrogen) atoms. The molecule has 0 bridgehead atoms. The quantitative estimate of drug-likeness (QED) is 0.380. The van der Waals surface area contributed by atoms with E-state index in [0.717, 1.165) is 0 Å². The second-order valence-corrected chi connectivity index (χ2v) is 8.87.